The van der Waals surface area contributed by atoms with Crippen LogP contribution < -0.4 is 4.74 Å². The molecule has 0 fully saturated rings. The van der Waals surface area contributed by atoms with Crippen LogP contribution in [0.4, 0.5) is 0 Å². The van der Waals surface area contributed by atoms with E-state index in [1.807, 2.05) is 27.7 Å². The van der Waals surface area contributed by atoms with E-state index in [9.17, 15) is 14.7 Å². The van der Waals surface area contributed by atoms with Crippen LogP contribution in [0, 0.1) is 13.8 Å². The van der Waals surface area contributed by atoms with Crippen LogP contribution in [0.15, 0.2) is 11.3 Å². The minimum Gasteiger partial charge on any atom is -0.511 e. The largest absolute Gasteiger partial charge is 0.511 e. The average Bonchev–Trinajstić information content (AvgIpc) is 2.88. The van der Waals surface area contributed by atoms with Crippen LogP contribution in [0.3, 0.4) is 0 Å². The Balaban J connectivity index is 2.08. The summed E-state index contributed by atoms with van der Waals surface area (Å²) in [6.07, 6.45) is 1.41. The zero-order valence-corrected chi connectivity index (χ0v) is 16.7. The van der Waals surface area contributed by atoms with Gasteiger partial charge in [-0.2, -0.15) is 0 Å². The van der Waals surface area contributed by atoms with Crippen molar-refractivity contribution in [1.82, 2.24) is 0 Å². The fourth-order valence-corrected chi connectivity index (χ4v) is 4.60. The number of ether oxygens (including phenoxy) is 1. The maximum Gasteiger partial charge on any atom is 0.170 e. The number of carbonyl (C=O) groups is 2. The number of fused-ring (bicyclic) bond motifs is 1. The van der Waals surface area contributed by atoms with Crippen molar-refractivity contribution >= 4 is 23.2 Å². The summed E-state index contributed by atoms with van der Waals surface area (Å²) in [5.41, 5.74) is 3.77. The first-order valence-corrected chi connectivity index (χ1v) is 9.44. The molecule has 1 heterocycles. The number of benzene rings is 1. The van der Waals surface area contributed by atoms with Crippen LogP contribution in [0.25, 0.3) is 0 Å². The number of aliphatic hydroxyl groups is 1. The molecule has 1 N–H and O–H groups in total. The molecule has 1 aliphatic carbocycles. The van der Waals surface area contributed by atoms with Gasteiger partial charge in [0.1, 0.15) is 17.1 Å². The number of halogens is 1. The van der Waals surface area contributed by atoms with E-state index in [-0.39, 0.29) is 53.7 Å². The van der Waals surface area contributed by atoms with Gasteiger partial charge in [0.2, 0.25) is 0 Å². The van der Waals surface area contributed by atoms with Gasteiger partial charge in [-0.25, -0.2) is 0 Å². The smallest absolute Gasteiger partial charge is 0.170 e. The van der Waals surface area contributed by atoms with Gasteiger partial charge < -0.3 is 9.84 Å². The minimum absolute atomic E-state index is 0.0345. The summed E-state index contributed by atoms with van der Waals surface area (Å²) in [4.78, 5) is 24.5. The summed E-state index contributed by atoms with van der Waals surface area (Å²) >= 11 is 6.71. The third kappa shape index (κ3) is 2.94. The minimum atomic E-state index is -0.313. The third-order valence-electron chi connectivity index (χ3n) is 5.56. The van der Waals surface area contributed by atoms with Gasteiger partial charge in [-0.15, -0.1) is 0 Å². The number of allylic oxidation sites excluding steroid dienone is 2. The topological polar surface area (TPSA) is 63.6 Å². The van der Waals surface area contributed by atoms with Crippen LogP contribution in [0.2, 0.25) is 5.02 Å². The van der Waals surface area contributed by atoms with E-state index in [2.05, 4.69) is 0 Å². The second-order valence-electron chi connectivity index (χ2n) is 7.95. The zero-order chi connectivity index (χ0) is 19.4. The van der Waals surface area contributed by atoms with E-state index < -0.39 is 0 Å². The molecular weight excluding hydrogens is 352 g/mol. The van der Waals surface area contributed by atoms with Crippen LogP contribution in [0.5, 0.6) is 5.75 Å². The Bertz CT molecular complexity index is 848. The van der Waals surface area contributed by atoms with Crippen LogP contribution in [-0.4, -0.2) is 22.3 Å². The second kappa shape index (κ2) is 6.41. The Morgan fingerprint density at radius 2 is 1.92 bits per heavy atom. The molecule has 0 spiro atoms. The summed E-state index contributed by atoms with van der Waals surface area (Å²) in [5, 5.41) is 10.9. The molecule has 26 heavy (non-hydrogen) atoms. The SMILES string of the molecule is CCC(=O)C1=C(O)CC(c2c(C)c(C)c3c(c2Cl)OC(C)(C)C3)CC1=O. The van der Waals surface area contributed by atoms with Gasteiger partial charge in [-0.05, 0) is 44.4 Å². The van der Waals surface area contributed by atoms with E-state index in [4.69, 9.17) is 16.3 Å². The molecule has 0 aromatic heterocycles. The van der Waals surface area contributed by atoms with Crippen molar-refractivity contribution in [1.29, 1.82) is 0 Å². The van der Waals surface area contributed by atoms with Crippen molar-refractivity contribution in [2.24, 2.45) is 0 Å². The Morgan fingerprint density at radius 1 is 1.27 bits per heavy atom. The van der Waals surface area contributed by atoms with E-state index >= 15 is 0 Å². The number of rotatable bonds is 3. The molecule has 1 aromatic carbocycles. The van der Waals surface area contributed by atoms with Crippen molar-refractivity contribution in [3.05, 3.63) is 38.6 Å². The van der Waals surface area contributed by atoms with Crippen molar-refractivity contribution in [3.63, 3.8) is 0 Å². The van der Waals surface area contributed by atoms with Crippen molar-refractivity contribution in [2.75, 3.05) is 0 Å². The first kappa shape index (κ1) is 19.0. The lowest BCUT2D eigenvalue weighted by Crippen LogP contribution is -2.25. The molecule has 1 aliphatic heterocycles. The molecule has 3 rings (SSSR count). The predicted molar refractivity (Wildman–Crippen MR) is 101 cm³/mol. The van der Waals surface area contributed by atoms with Crippen LogP contribution >= 0.6 is 11.6 Å². The number of Topliss-reactive ketones (excluding diaryl/α,β-unsaturated/α-hetero) is 2. The maximum absolute atomic E-state index is 12.5. The molecule has 5 heteroatoms. The van der Waals surface area contributed by atoms with Crippen LogP contribution in [-0.2, 0) is 16.0 Å². The normalized spacial score (nSPS) is 21.6. The molecule has 0 saturated heterocycles. The second-order valence-corrected chi connectivity index (χ2v) is 8.33. The lowest BCUT2D eigenvalue weighted by atomic mass is 9.78. The van der Waals surface area contributed by atoms with Gasteiger partial charge in [0, 0.05) is 37.2 Å². The average molecular weight is 377 g/mol. The molecule has 1 unspecified atom stereocenters. The molecule has 0 radical (unpaired) electrons. The highest BCUT2D eigenvalue weighted by Gasteiger charge is 2.38. The molecule has 1 atom stereocenters. The molecule has 1 aromatic rings. The van der Waals surface area contributed by atoms with Crippen LogP contribution in [0.1, 0.15) is 68.2 Å². The summed E-state index contributed by atoms with van der Waals surface area (Å²) < 4.78 is 6.08. The lowest BCUT2D eigenvalue weighted by molar-refractivity contribution is -0.122. The van der Waals surface area contributed by atoms with Gasteiger partial charge in [0.05, 0.1) is 10.6 Å². The van der Waals surface area contributed by atoms with Crippen molar-refractivity contribution in [2.45, 2.75) is 71.8 Å². The maximum atomic E-state index is 12.5. The number of aliphatic hydroxyl groups excluding tert-OH is 1. The first-order valence-electron chi connectivity index (χ1n) is 9.06. The van der Waals surface area contributed by atoms with E-state index in [1.165, 1.54) is 0 Å². The van der Waals surface area contributed by atoms with E-state index in [0.717, 1.165) is 28.7 Å². The highest BCUT2D eigenvalue weighted by atomic mass is 35.5. The molecule has 4 nitrogen and oxygen atoms in total. The summed E-state index contributed by atoms with van der Waals surface area (Å²) in [5.74, 6) is -0.279. The standard InChI is InChI=1S/C21H25ClO4/c1-6-14(23)18-15(24)7-12(8-16(18)25)17-11(3)10(2)13-9-21(4,5)26-20(13)19(17)22/h12,24H,6-9H2,1-5H3. The Kier molecular flexibility index (Phi) is 4.68. The summed E-state index contributed by atoms with van der Waals surface area (Å²) in [7, 11) is 0. The Labute approximate surface area is 159 Å². The summed E-state index contributed by atoms with van der Waals surface area (Å²) in [6, 6.07) is 0. The molecule has 0 saturated carbocycles. The zero-order valence-electron chi connectivity index (χ0n) is 16.0. The van der Waals surface area contributed by atoms with Gasteiger partial charge in [-0.3, -0.25) is 9.59 Å². The Morgan fingerprint density at radius 3 is 2.50 bits per heavy atom. The number of carbonyl (C=O) groups excluding carboxylic acids is 2. The molecule has 0 amide bonds. The van der Waals surface area contributed by atoms with Gasteiger partial charge in [0.25, 0.3) is 0 Å². The molecule has 140 valence electrons. The number of ketones is 2. The highest BCUT2D eigenvalue weighted by molar-refractivity contribution is 6.33. The van der Waals surface area contributed by atoms with Crippen molar-refractivity contribution < 1.29 is 19.4 Å². The predicted octanol–water partition coefficient (Wildman–Crippen LogP) is 4.91. The fourth-order valence-electron chi connectivity index (χ4n) is 4.15. The monoisotopic (exact) mass is 376 g/mol. The van der Waals surface area contributed by atoms with Gasteiger partial charge >= 0.3 is 0 Å². The number of hydrogen-bond acceptors (Lipinski definition) is 4. The van der Waals surface area contributed by atoms with Gasteiger partial charge in [-0.1, -0.05) is 18.5 Å². The van der Waals surface area contributed by atoms with Gasteiger partial charge in [0.15, 0.2) is 11.6 Å². The quantitative estimate of drug-likeness (QED) is 0.761. The highest BCUT2D eigenvalue weighted by Crippen LogP contribution is 2.49. The lowest BCUT2D eigenvalue weighted by Gasteiger charge is -2.27. The first-order chi connectivity index (χ1) is 12.1. The summed E-state index contributed by atoms with van der Waals surface area (Å²) in [6.45, 7) is 9.79. The molecule has 2 aliphatic rings. The van der Waals surface area contributed by atoms with E-state index in [0.29, 0.717) is 10.8 Å². The van der Waals surface area contributed by atoms with E-state index in [1.54, 1.807) is 6.92 Å². The Hall–Kier alpha value is -1.81. The van der Waals surface area contributed by atoms with Crippen molar-refractivity contribution in [3.8, 4) is 5.75 Å². The fraction of sp³-hybridized carbons (Fsp3) is 0.524. The molecule has 0 bridgehead atoms. The third-order valence-corrected chi connectivity index (χ3v) is 5.93. The number of hydrogen-bond donors (Lipinski definition) is 1. The molecular formula is C21H25ClO4.